The van der Waals surface area contributed by atoms with Gasteiger partial charge in [-0.2, -0.15) is 0 Å². The molecule has 1 aliphatic rings. The van der Waals surface area contributed by atoms with Crippen LogP contribution in [0.1, 0.15) is 10.5 Å². The van der Waals surface area contributed by atoms with Crippen LogP contribution < -0.4 is 5.46 Å². The Morgan fingerprint density at radius 1 is 1.26 bits per heavy atom. The van der Waals surface area contributed by atoms with Crippen molar-refractivity contribution in [3.8, 4) is 0 Å². The molecule has 0 bridgehead atoms. The lowest BCUT2D eigenvalue weighted by Gasteiger charge is -2.32. The maximum Gasteiger partial charge on any atom is 0.272 e. The van der Waals surface area contributed by atoms with Crippen molar-refractivity contribution in [2.24, 2.45) is 0 Å². The highest BCUT2D eigenvalue weighted by atomic mass is 16.2. The second-order valence-electron chi connectivity index (χ2n) is 4.93. The summed E-state index contributed by atoms with van der Waals surface area (Å²) in [7, 11) is 7.83. The molecule has 2 aromatic rings. The van der Waals surface area contributed by atoms with Crippen LogP contribution in [0.2, 0.25) is 0 Å². The summed E-state index contributed by atoms with van der Waals surface area (Å²) in [6, 6.07) is 3.60. The summed E-state index contributed by atoms with van der Waals surface area (Å²) < 4.78 is 1.76. The lowest BCUT2D eigenvalue weighted by Crippen LogP contribution is -2.47. The Balaban J connectivity index is 1.91. The van der Waals surface area contributed by atoms with Gasteiger partial charge in [0.25, 0.3) is 5.91 Å². The number of carbonyl (C=O) groups is 1. The summed E-state index contributed by atoms with van der Waals surface area (Å²) >= 11 is 0. The van der Waals surface area contributed by atoms with Crippen LogP contribution in [0.4, 0.5) is 0 Å². The normalized spacial score (nSPS) is 17.0. The SMILES string of the molecule is [B]c1ccc2ncc(C(=O)N3CCN(C)CC3)n2c1. The molecule has 1 amide bonds. The molecule has 3 heterocycles. The first-order chi connectivity index (χ1) is 9.15. The molecule has 1 saturated heterocycles. The molecule has 2 radical (unpaired) electrons. The summed E-state index contributed by atoms with van der Waals surface area (Å²) in [6.07, 6.45) is 3.36. The van der Waals surface area contributed by atoms with Crippen LogP contribution in [0.25, 0.3) is 5.65 Å². The van der Waals surface area contributed by atoms with E-state index in [4.69, 9.17) is 7.85 Å². The zero-order chi connectivity index (χ0) is 13.4. The Labute approximate surface area is 113 Å². The molecule has 96 valence electrons. The van der Waals surface area contributed by atoms with Crippen molar-refractivity contribution in [1.82, 2.24) is 19.2 Å². The number of nitrogens with zero attached hydrogens (tertiary/aromatic N) is 4. The molecule has 0 aromatic carbocycles. The minimum Gasteiger partial charge on any atom is -0.335 e. The lowest BCUT2D eigenvalue weighted by atomic mass is 9.99. The highest BCUT2D eigenvalue weighted by Crippen LogP contribution is 2.10. The van der Waals surface area contributed by atoms with Gasteiger partial charge in [-0.25, -0.2) is 4.98 Å². The molecular formula is C13H15BN4O. The third-order valence-corrected chi connectivity index (χ3v) is 3.54. The number of rotatable bonds is 1. The second-order valence-corrected chi connectivity index (χ2v) is 4.93. The molecule has 19 heavy (non-hydrogen) atoms. The van der Waals surface area contributed by atoms with Crippen molar-refractivity contribution in [3.63, 3.8) is 0 Å². The van der Waals surface area contributed by atoms with Crippen LogP contribution >= 0.6 is 0 Å². The van der Waals surface area contributed by atoms with Gasteiger partial charge in [-0.15, -0.1) is 0 Å². The van der Waals surface area contributed by atoms with E-state index in [1.807, 2.05) is 11.0 Å². The van der Waals surface area contributed by atoms with E-state index in [1.165, 1.54) is 0 Å². The highest BCUT2D eigenvalue weighted by molar-refractivity contribution is 6.32. The minimum absolute atomic E-state index is 0.0196. The number of fused-ring (bicyclic) bond motifs is 1. The van der Waals surface area contributed by atoms with Crippen LogP contribution in [-0.4, -0.2) is 66.2 Å². The number of piperazine rings is 1. The molecule has 1 fully saturated rings. The van der Waals surface area contributed by atoms with E-state index in [0.717, 1.165) is 31.8 Å². The third-order valence-electron chi connectivity index (χ3n) is 3.54. The molecule has 0 unspecified atom stereocenters. The molecule has 0 atom stereocenters. The van der Waals surface area contributed by atoms with E-state index in [2.05, 4.69) is 16.9 Å². The van der Waals surface area contributed by atoms with Gasteiger partial charge in [0.1, 0.15) is 19.2 Å². The average Bonchev–Trinajstić information content (AvgIpc) is 2.81. The number of hydrogen-bond acceptors (Lipinski definition) is 3. The summed E-state index contributed by atoms with van der Waals surface area (Å²) in [5.74, 6) is 0.0196. The fourth-order valence-corrected chi connectivity index (χ4v) is 2.33. The van der Waals surface area contributed by atoms with Crippen molar-refractivity contribution in [1.29, 1.82) is 0 Å². The number of pyridine rings is 1. The van der Waals surface area contributed by atoms with Gasteiger partial charge in [0, 0.05) is 32.4 Å². The number of amides is 1. The van der Waals surface area contributed by atoms with Gasteiger partial charge in [0.2, 0.25) is 0 Å². The average molecular weight is 254 g/mol. The van der Waals surface area contributed by atoms with E-state index in [1.54, 1.807) is 22.9 Å². The standard InChI is InChI=1S/C13H15BN4O/c1-16-4-6-17(7-5-16)13(19)11-8-15-12-3-2-10(14)9-18(11)12/h2-3,8-9H,4-7H2,1H3. The Bertz CT molecular complexity index is 616. The zero-order valence-electron chi connectivity index (χ0n) is 10.9. The van der Waals surface area contributed by atoms with E-state index in [0.29, 0.717) is 11.2 Å². The minimum atomic E-state index is 0.0196. The molecule has 3 rings (SSSR count). The third kappa shape index (κ3) is 2.23. The number of hydrogen-bond donors (Lipinski definition) is 0. The van der Waals surface area contributed by atoms with E-state index >= 15 is 0 Å². The first-order valence-corrected chi connectivity index (χ1v) is 6.35. The maximum absolute atomic E-state index is 12.5. The van der Waals surface area contributed by atoms with E-state index < -0.39 is 0 Å². The summed E-state index contributed by atoms with van der Waals surface area (Å²) in [5.41, 5.74) is 1.94. The van der Waals surface area contributed by atoms with Crippen LogP contribution in [0.3, 0.4) is 0 Å². The van der Waals surface area contributed by atoms with Gasteiger partial charge in [-0.05, 0) is 13.1 Å². The van der Waals surface area contributed by atoms with Gasteiger partial charge in [0.15, 0.2) is 0 Å². The van der Waals surface area contributed by atoms with Gasteiger partial charge < -0.3 is 9.80 Å². The quantitative estimate of drug-likeness (QED) is 0.645. The van der Waals surface area contributed by atoms with Crippen LogP contribution in [-0.2, 0) is 0 Å². The van der Waals surface area contributed by atoms with Crippen LogP contribution in [0, 0.1) is 0 Å². The van der Waals surface area contributed by atoms with E-state index in [-0.39, 0.29) is 5.91 Å². The Kier molecular flexibility index (Phi) is 3.02. The zero-order valence-corrected chi connectivity index (χ0v) is 10.9. The van der Waals surface area contributed by atoms with Crippen molar-refractivity contribution in [3.05, 3.63) is 30.2 Å². The van der Waals surface area contributed by atoms with Gasteiger partial charge in [0.05, 0.1) is 6.20 Å². The van der Waals surface area contributed by atoms with Gasteiger partial charge in [-0.1, -0.05) is 11.5 Å². The highest BCUT2D eigenvalue weighted by Gasteiger charge is 2.22. The lowest BCUT2D eigenvalue weighted by molar-refractivity contribution is 0.0657. The maximum atomic E-state index is 12.5. The molecule has 0 saturated carbocycles. The van der Waals surface area contributed by atoms with Gasteiger partial charge >= 0.3 is 0 Å². The summed E-state index contributed by atoms with van der Waals surface area (Å²) in [6.45, 7) is 3.32. The Hall–Kier alpha value is -1.82. The predicted molar refractivity (Wildman–Crippen MR) is 74.0 cm³/mol. The van der Waals surface area contributed by atoms with Crippen molar-refractivity contribution in [2.75, 3.05) is 33.2 Å². The molecule has 0 aliphatic carbocycles. The van der Waals surface area contributed by atoms with Crippen LogP contribution in [0.5, 0.6) is 0 Å². The number of imidazole rings is 1. The molecular weight excluding hydrogens is 239 g/mol. The summed E-state index contributed by atoms with van der Waals surface area (Å²) in [4.78, 5) is 20.8. The number of aromatic nitrogens is 2. The van der Waals surface area contributed by atoms with E-state index in [9.17, 15) is 4.79 Å². The molecule has 2 aromatic heterocycles. The molecule has 1 aliphatic heterocycles. The molecule has 0 spiro atoms. The van der Waals surface area contributed by atoms with Crippen LogP contribution in [0.15, 0.2) is 24.5 Å². The predicted octanol–water partition coefficient (Wildman–Crippen LogP) is -0.484. The van der Waals surface area contributed by atoms with Crippen molar-refractivity contribution < 1.29 is 4.79 Å². The topological polar surface area (TPSA) is 40.9 Å². The molecule has 5 nitrogen and oxygen atoms in total. The second kappa shape index (κ2) is 4.70. The smallest absolute Gasteiger partial charge is 0.272 e. The Morgan fingerprint density at radius 2 is 2.00 bits per heavy atom. The fraction of sp³-hybridized carbons (Fsp3) is 0.385. The number of likely N-dealkylation sites (N-methyl/N-ethyl adjacent to an activating group) is 1. The molecule has 6 heteroatoms. The fourth-order valence-electron chi connectivity index (χ4n) is 2.33. The largest absolute Gasteiger partial charge is 0.335 e. The summed E-state index contributed by atoms with van der Waals surface area (Å²) in [5, 5.41) is 0. The first-order valence-electron chi connectivity index (χ1n) is 6.35. The van der Waals surface area contributed by atoms with Crippen molar-refractivity contribution in [2.45, 2.75) is 0 Å². The monoisotopic (exact) mass is 254 g/mol. The number of carbonyl (C=O) groups excluding carboxylic acids is 1. The van der Waals surface area contributed by atoms with Crippen molar-refractivity contribution >= 4 is 24.9 Å². The molecule has 0 N–H and O–H groups in total. The Morgan fingerprint density at radius 3 is 2.74 bits per heavy atom. The van der Waals surface area contributed by atoms with Gasteiger partial charge in [-0.3, -0.25) is 9.20 Å². The first kappa shape index (κ1) is 12.2.